The molecule has 1 aromatic rings. The molecule has 8 heteroatoms. The van der Waals surface area contributed by atoms with Gasteiger partial charge in [-0.1, -0.05) is 20.3 Å². The molecule has 0 amide bonds. The Morgan fingerprint density at radius 2 is 2.10 bits per heavy atom. The van der Waals surface area contributed by atoms with E-state index in [1.54, 1.807) is 13.8 Å². The van der Waals surface area contributed by atoms with Gasteiger partial charge in [-0.3, -0.25) is 4.79 Å². The molecule has 0 heterocycles. The Labute approximate surface area is 125 Å². The Bertz CT molecular complexity index is 605. The summed E-state index contributed by atoms with van der Waals surface area (Å²) in [5, 5.41) is 9.08. The third-order valence-electron chi connectivity index (χ3n) is 2.96. The molecule has 0 saturated carbocycles. The lowest BCUT2D eigenvalue weighted by atomic mass is 10.0. The molecule has 0 bridgehead atoms. The van der Waals surface area contributed by atoms with Gasteiger partial charge < -0.3 is 5.11 Å². The second-order valence-corrected chi connectivity index (χ2v) is 6.97. The van der Waals surface area contributed by atoms with Gasteiger partial charge in [0.2, 0.25) is 10.0 Å². The Morgan fingerprint density at radius 3 is 2.55 bits per heavy atom. The van der Waals surface area contributed by atoms with E-state index >= 15 is 0 Å². The Hall–Kier alpha value is -0.990. The van der Waals surface area contributed by atoms with Crippen molar-refractivity contribution in [2.45, 2.75) is 31.2 Å². The third kappa shape index (κ3) is 4.00. The number of carbonyl (C=O) groups is 1. The van der Waals surface area contributed by atoms with Crippen molar-refractivity contribution in [1.29, 1.82) is 0 Å². The molecule has 0 aromatic heterocycles. The summed E-state index contributed by atoms with van der Waals surface area (Å²) in [5.41, 5.74) is 0. The number of rotatable bonds is 6. The van der Waals surface area contributed by atoms with Gasteiger partial charge in [0.25, 0.3) is 0 Å². The van der Waals surface area contributed by atoms with Gasteiger partial charge >= 0.3 is 5.97 Å². The fourth-order valence-electron chi connectivity index (χ4n) is 1.52. The van der Waals surface area contributed by atoms with Crippen molar-refractivity contribution in [3.63, 3.8) is 0 Å². The number of nitrogens with one attached hydrogen (secondary N) is 1. The molecule has 0 radical (unpaired) electrons. The molecular formula is C12H15BrFNO4S. The molecule has 0 saturated heterocycles. The Kier molecular flexibility index (Phi) is 5.67. The molecule has 2 atom stereocenters. The second kappa shape index (κ2) is 6.64. The summed E-state index contributed by atoms with van der Waals surface area (Å²) in [6.07, 6.45) is 0.494. The number of sulfonamides is 1. The first-order valence-corrected chi connectivity index (χ1v) is 8.16. The zero-order chi connectivity index (χ0) is 15.5. The molecule has 0 aliphatic rings. The number of halogens is 2. The Morgan fingerprint density at radius 1 is 1.50 bits per heavy atom. The van der Waals surface area contributed by atoms with Crippen LogP contribution in [-0.2, 0) is 14.8 Å². The Balaban J connectivity index is 3.09. The number of aliphatic carboxylic acids is 1. The molecule has 0 aliphatic heterocycles. The molecule has 112 valence electrons. The van der Waals surface area contributed by atoms with Gasteiger partial charge in [0, 0.05) is 0 Å². The van der Waals surface area contributed by atoms with E-state index in [2.05, 4.69) is 20.7 Å². The van der Waals surface area contributed by atoms with Crippen LogP contribution in [0, 0.1) is 11.7 Å². The van der Waals surface area contributed by atoms with Gasteiger partial charge in [-0.05, 0) is 40.0 Å². The van der Waals surface area contributed by atoms with Crippen LogP contribution < -0.4 is 4.72 Å². The van der Waals surface area contributed by atoms with Crippen molar-refractivity contribution >= 4 is 31.9 Å². The van der Waals surface area contributed by atoms with Crippen molar-refractivity contribution in [3.8, 4) is 0 Å². The lowest BCUT2D eigenvalue weighted by Gasteiger charge is -2.20. The maximum Gasteiger partial charge on any atom is 0.322 e. The van der Waals surface area contributed by atoms with Crippen LogP contribution in [0.15, 0.2) is 27.6 Å². The minimum Gasteiger partial charge on any atom is -0.480 e. The molecule has 20 heavy (non-hydrogen) atoms. The van der Waals surface area contributed by atoms with Crippen molar-refractivity contribution in [3.05, 3.63) is 28.5 Å². The van der Waals surface area contributed by atoms with Crippen LogP contribution >= 0.6 is 15.9 Å². The quantitative estimate of drug-likeness (QED) is 0.808. The zero-order valence-corrected chi connectivity index (χ0v) is 13.3. The van der Waals surface area contributed by atoms with Crippen LogP contribution in [0.4, 0.5) is 4.39 Å². The van der Waals surface area contributed by atoms with Crippen molar-refractivity contribution < 1.29 is 22.7 Å². The van der Waals surface area contributed by atoms with Gasteiger partial charge in [0.1, 0.15) is 11.9 Å². The SMILES string of the molecule is CCC(C)C(NS(=O)(=O)c1ccc(Br)c(F)c1)C(=O)O. The highest BCUT2D eigenvalue weighted by molar-refractivity contribution is 9.10. The normalized spacial score (nSPS) is 14.8. The zero-order valence-electron chi connectivity index (χ0n) is 10.9. The summed E-state index contributed by atoms with van der Waals surface area (Å²) in [6, 6.07) is 2.03. The maximum atomic E-state index is 13.4. The monoisotopic (exact) mass is 367 g/mol. The second-order valence-electron chi connectivity index (χ2n) is 4.40. The summed E-state index contributed by atoms with van der Waals surface area (Å²) in [5.74, 6) is -2.38. The first kappa shape index (κ1) is 17.1. The average Bonchev–Trinajstić information content (AvgIpc) is 2.38. The number of carboxylic acids is 1. The largest absolute Gasteiger partial charge is 0.480 e. The molecule has 0 fully saturated rings. The standard InChI is InChI=1S/C12H15BrFNO4S/c1-3-7(2)11(12(16)17)15-20(18,19)8-4-5-9(13)10(14)6-8/h4-7,11,15H,3H2,1-2H3,(H,16,17). The van der Waals surface area contributed by atoms with Gasteiger partial charge in [-0.25, -0.2) is 12.8 Å². The van der Waals surface area contributed by atoms with E-state index < -0.39 is 27.9 Å². The fourth-order valence-corrected chi connectivity index (χ4v) is 3.08. The van der Waals surface area contributed by atoms with Crippen LogP contribution in [0.2, 0.25) is 0 Å². The van der Waals surface area contributed by atoms with Crippen molar-refractivity contribution in [2.75, 3.05) is 0 Å². The lowest BCUT2D eigenvalue weighted by Crippen LogP contribution is -2.44. The summed E-state index contributed by atoms with van der Waals surface area (Å²) in [7, 11) is -4.09. The predicted molar refractivity (Wildman–Crippen MR) is 75.3 cm³/mol. The number of hydrogen-bond donors (Lipinski definition) is 2. The highest BCUT2D eigenvalue weighted by Crippen LogP contribution is 2.20. The highest BCUT2D eigenvalue weighted by atomic mass is 79.9. The molecule has 0 spiro atoms. The lowest BCUT2D eigenvalue weighted by molar-refractivity contribution is -0.140. The molecule has 0 aliphatic carbocycles. The molecule has 2 unspecified atom stereocenters. The average molecular weight is 368 g/mol. The predicted octanol–water partition coefficient (Wildman–Crippen LogP) is 2.37. The van der Waals surface area contributed by atoms with E-state index in [0.29, 0.717) is 6.42 Å². The van der Waals surface area contributed by atoms with Gasteiger partial charge in [-0.2, -0.15) is 4.72 Å². The smallest absolute Gasteiger partial charge is 0.322 e. The first-order chi connectivity index (χ1) is 9.19. The van der Waals surface area contributed by atoms with Crippen LogP contribution in [0.1, 0.15) is 20.3 Å². The van der Waals surface area contributed by atoms with Crippen LogP contribution in [0.25, 0.3) is 0 Å². The number of benzene rings is 1. The topological polar surface area (TPSA) is 83.5 Å². The maximum absolute atomic E-state index is 13.4. The van der Waals surface area contributed by atoms with Gasteiger partial charge in [0.15, 0.2) is 0 Å². The van der Waals surface area contributed by atoms with Crippen molar-refractivity contribution in [2.24, 2.45) is 5.92 Å². The van der Waals surface area contributed by atoms with E-state index in [4.69, 9.17) is 5.11 Å². The van der Waals surface area contributed by atoms with Crippen LogP contribution in [-0.4, -0.2) is 25.5 Å². The molecular weight excluding hydrogens is 353 g/mol. The molecule has 1 aromatic carbocycles. The van der Waals surface area contributed by atoms with E-state index in [1.807, 2.05) is 0 Å². The fraction of sp³-hybridized carbons (Fsp3) is 0.417. The summed E-state index contributed by atoms with van der Waals surface area (Å²) in [6.45, 7) is 3.39. The van der Waals surface area contributed by atoms with Crippen molar-refractivity contribution in [1.82, 2.24) is 4.72 Å². The molecule has 5 nitrogen and oxygen atoms in total. The minimum atomic E-state index is -4.09. The first-order valence-electron chi connectivity index (χ1n) is 5.89. The van der Waals surface area contributed by atoms with Gasteiger partial charge in [0.05, 0.1) is 9.37 Å². The van der Waals surface area contributed by atoms with Crippen LogP contribution in [0.3, 0.4) is 0 Å². The minimum absolute atomic E-state index is 0.133. The molecule has 2 N–H and O–H groups in total. The van der Waals surface area contributed by atoms with E-state index in [-0.39, 0.29) is 15.3 Å². The third-order valence-corrected chi connectivity index (χ3v) is 5.04. The number of carboxylic acid groups (broad SMARTS) is 1. The van der Waals surface area contributed by atoms with Gasteiger partial charge in [-0.15, -0.1) is 0 Å². The highest BCUT2D eigenvalue weighted by Gasteiger charge is 2.29. The number of hydrogen-bond acceptors (Lipinski definition) is 3. The van der Waals surface area contributed by atoms with E-state index in [0.717, 1.165) is 6.07 Å². The summed E-state index contributed by atoms with van der Waals surface area (Å²) in [4.78, 5) is 10.8. The summed E-state index contributed by atoms with van der Waals surface area (Å²) >= 11 is 2.92. The summed E-state index contributed by atoms with van der Waals surface area (Å²) < 4.78 is 39.8. The van der Waals surface area contributed by atoms with E-state index in [9.17, 15) is 17.6 Å². The van der Waals surface area contributed by atoms with E-state index in [1.165, 1.54) is 12.1 Å². The molecule has 1 rings (SSSR count). The van der Waals surface area contributed by atoms with Crippen LogP contribution in [0.5, 0.6) is 0 Å².